The molecule has 0 aliphatic heterocycles. The van der Waals surface area contributed by atoms with E-state index >= 15 is 0 Å². The van der Waals surface area contributed by atoms with Crippen molar-refractivity contribution in [2.24, 2.45) is 5.92 Å². The largest absolute Gasteiger partial charge is 0.399 e. The first-order chi connectivity index (χ1) is 8.92. The average Bonchev–Trinajstić information content (AvgIpc) is 2.33. The molecule has 1 rings (SSSR count). The number of hydrogen-bond acceptors (Lipinski definition) is 3. The molecule has 1 aromatic carbocycles. The third kappa shape index (κ3) is 5.49. The van der Waals surface area contributed by atoms with Crippen LogP contribution < -0.4 is 11.1 Å². The van der Waals surface area contributed by atoms with Crippen LogP contribution in [0, 0.1) is 5.92 Å². The Morgan fingerprint density at radius 2 is 2.21 bits per heavy atom. The van der Waals surface area contributed by atoms with E-state index in [1.54, 1.807) is 18.2 Å². The molecule has 1 amide bonds. The van der Waals surface area contributed by atoms with Gasteiger partial charge in [0.25, 0.3) is 0 Å². The van der Waals surface area contributed by atoms with Crippen molar-refractivity contribution in [2.75, 3.05) is 31.2 Å². The van der Waals surface area contributed by atoms with Crippen molar-refractivity contribution >= 4 is 28.9 Å². The minimum absolute atomic E-state index is 0.0849. The SMILES string of the molecule is CCC(C)CN(C)CC(=O)Nc1cc(N)ccc1Cl. The summed E-state index contributed by atoms with van der Waals surface area (Å²) in [5, 5.41) is 3.27. The minimum atomic E-state index is -0.0849. The lowest BCUT2D eigenvalue weighted by atomic mass is 10.1. The van der Waals surface area contributed by atoms with Crippen molar-refractivity contribution in [2.45, 2.75) is 20.3 Å². The van der Waals surface area contributed by atoms with Gasteiger partial charge in [-0.2, -0.15) is 0 Å². The molecule has 0 radical (unpaired) electrons. The van der Waals surface area contributed by atoms with Crippen molar-refractivity contribution in [3.8, 4) is 0 Å². The van der Waals surface area contributed by atoms with Gasteiger partial charge in [-0.1, -0.05) is 31.9 Å². The number of rotatable bonds is 6. The minimum Gasteiger partial charge on any atom is -0.399 e. The lowest BCUT2D eigenvalue weighted by Gasteiger charge is -2.20. The summed E-state index contributed by atoms with van der Waals surface area (Å²) in [5.74, 6) is 0.493. The topological polar surface area (TPSA) is 58.4 Å². The Labute approximate surface area is 119 Å². The van der Waals surface area contributed by atoms with Crippen molar-refractivity contribution in [3.63, 3.8) is 0 Å². The third-order valence-electron chi connectivity index (χ3n) is 3.00. The molecule has 19 heavy (non-hydrogen) atoms. The molecule has 4 nitrogen and oxygen atoms in total. The number of nitrogens with zero attached hydrogens (tertiary/aromatic N) is 1. The first-order valence-corrected chi connectivity index (χ1v) is 6.83. The predicted molar refractivity (Wildman–Crippen MR) is 81.4 cm³/mol. The second kappa shape index (κ2) is 7.36. The van der Waals surface area contributed by atoms with Gasteiger partial charge in [0, 0.05) is 12.2 Å². The molecule has 0 heterocycles. The number of hydrogen-bond donors (Lipinski definition) is 2. The molecule has 0 aliphatic rings. The highest BCUT2D eigenvalue weighted by atomic mass is 35.5. The Balaban J connectivity index is 2.53. The number of carbonyl (C=O) groups is 1. The molecule has 1 atom stereocenters. The molecule has 0 bridgehead atoms. The quantitative estimate of drug-likeness (QED) is 0.789. The molecule has 5 heteroatoms. The lowest BCUT2D eigenvalue weighted by Crippen LogP contribution is -2.33. The van der Waals surface area contributed by atoms with Crippen LogP contribution in [0.25, 0.3) is 0 Å². The Morgan fingerprint density at radius 1 is 1.53 bits per heavy atom. The molecule has 1 unspecified atom stereocenters. The number of nitrogens with two attached hydrogens (primary N) is 1. The highest BCUT2D eigenvalue weighted by molar-refractivity contribution is 6.33. The molecule has 0 saturated heterocycles. The number of nitrogen functional groups attached to an aromatic ring is 1. The van der Waals surface area contributed by atoms with Gasteiger partial charge in [0.2, 0.25) is 5.91 Å². The highest BCUT2D eigenvalue weighted by Gasteiger charge is 2.11. The summed E-state index contributed by atoms with van der Waals surface area (Å²) in [6, 6.07) is 5.04. The zero-order valence-electron chi connectivity index (χ0n) is 11.7. The molecule has 0 aromatic heterocycles. The van der Waals surface area contributed by atoms with E-state index in [1.807, 2.05) is 11.9 Å². The van der Waals surface area contributed by atoms with Crippen LogP contribution in [-0.4, -0.2) is 30.9 Å². The van der Waals surface area contributed by atoms with Crippen LogP contribution in [0.4, 0.5) is 11.4 Å². The fourth-order valence-electron chi connectivity index (χ4n) is 1.80. The molecule has 106 valence electrons. The molecule has 3 N–H and O–H groups in total. The molecule has 1 aromatic rings. The number of carbonyl (C=O) groups excluding carboxylic acids is 1. The Kier molecular flexibility index (Phi) is 6.12. The maximum absolute atomic E-state index is 11.9. The zero-order valence-corrected chi connectivity index (χ0v) is 12.5. The third-order valence-corrected chi connectivity index (χ3v) is 3.33. The van der Waals surface area contributed by atoms with E-state index in [0.717, 1.165) is 13.0 Å². The van der Waals surface area contributed by atoms with E-state index in [9.17, 15) is 4.79 Å². The summed E-state index contributed by atoms with van der Waals surface area (Å²) in [7, 11) is 1.94. The van der Waals surface area contributed by atoms with Gasteiger partial charge in [-0.3, -0.25) is 9.69 Å². The van der Waals surface area contributed by atoms with Crippen molar-refractivity contribution in [3.05, 3.63) is 23.2 Å². The second-order valence-corrected chi connectivity index (χ2v) is 5.40. The molecular formula is C14H22ClN3O. The van der Waals surface area contributed by atoms with Crippen LogP contribution in [-0.2, 0) is 4.79 Å². The smallest absolute Gasteiger partial charge is 0.238 e. The standard InChI is InChI=1S/C14H22ClN3O/c1-4-10(2)8-18(3)9-14(19)17-13-7-11(16)5-6-12(13)15/h5-7,10H,4,8-9,16H2,1-3H3,(H,17,19). The fraction of sp³-hybridized carbons (Fsp3) is 0.500. The Morgan fingerprint density at radius 3 is 2.84 bits per heavy atom. The van der Waals surface area contributed by atoms with Crippen LogP contribution in [0.3, 0.4) is 0 Å². The van der Waals surface area contributed by atoms with E-state index in [-0.39, 0.29) is 5.91 Å². The number of likely N-dealkylation sites (N-methyl/N-ethyl adjacent to an activating group) is 1. The summed E-state index contributed by atoms with van der Waals surface area (Å²) >= 11 is 6.00. The molecule has 0 spiro atoms. The van der Waals surface area contributed by atoms with E-state index in [0.29, 0.717) is 28.9 Å². The molecule has 0 aliphatic carbocycles. The maximum Gasteiger partial charge on any atom is 0.238 e. The maximum atomic E-state index is 11.9. The van der Waals surface area contributed by atoms with Crippen molar-refractivity contribution in [1.82, 2.24) is 4.90 Å². The fourth-order valence-corrected chi connectivity index (χ4v) is 1.96. The first-order valence-electron chi connectivity index (χ1n) is 6.45. The molecular weight excluding hydrogens is 262 g/mol. The van der Waals surface area contributed by atoms with Crippen molar-refractivity contribution in [1.29, 1.82) is 0 Å². The van der Waals surface area contributed by atoms with Gasteiger partial charge in [0.1, 0.15) is 0 Å². The van der Waals surface area contributed by atoms with Gasteiger partial charge in [0.05, 0.1) is 17.3 Å². The van der Waals surface area contributed by atoms with E-state index in [1.165, 1.54) is 0 Å². The predicted octanol–water partition coefficient (Wildman–Crippen LogP) is 2.84. The van der Waals surface area contributed by atoms with Gasteiger partial charge < -0.3 is 11.1 Å². The van der Waals surface area contributed by atoms with Crippen LogP contribution in [0.5, 0.6) is 0 Å². The van der Waals surface area contributed by atoms with Crippen LogP contribution in [0.15, 0.2) is 18.2 Å². The number of anilines is 2. The van der Waals surface area contributed by atoms with Gasteiger partial charge in [0.15, 0.2) is 0 Å². The number of nitrogens with one attached hydrogen (secondary N) is 1. The Bertz CT molecular complexity index is 437. The highest BCUT2D eigenvalue weighted by Crippen LogP contribution is 2.23. The first kappa shape index (κ1) is 15.8. The molecule has 0 fully saturated rings. The summed E-state index contributed by atoms with van der Waals surface area (Å²) in [4.78, 5) is 13.9. The van der Waals surface area contributed by atoms with E-state index in [4.69, 9.17) is 17.3 Å². The van der Waals surface area contributed by atoms with Gasteiger partial charge in [-0.25, -0.2) is 0 Å². The number of benzene rings is 1. The van der Waals surface area contributed by atoms with Gasteiger partial charge in [-0.15, -0.1) is 0 Å². The monoisotopic (exact) mass is 283 g/mol. The Hall–Kier alpha value is -1.26. The summed E-state index contributed by atoms with van der Waals surface area (Å²) in [5.41, 5.74) is 6.80. The van der Waals surface area contributed by atoms with Crippen LogP contribution in [0.2, 0.25) is 5.02 Å². The summed E-state index contributed by atoms with van der Waals surface area (Å²) in [6.07, 6.45) is 1.10. The average molecular weight is 284 g/mol. The van der Waals surface area contributed by atoms with E-state index < -0.39 is 0 Å². The number of halogens is 1. The van der Waals surface area contributed by atoms with E-state index in [2.05, 4.69) is 19.2 Å². The number of amides is 1. The van der Waals surface area contributed by atoms with Crippen LogP contribution in [0.1, 0.15) is 20.3 Å². The normalized spacial score (nSPS) is 12.5. The van der Waals surface area contributed by atoms with Gasteiger partial charge >= 0.3 is 0 Å². The lowest BCUT2D eigenvalue weighted by molar-refractivity contribution is -0.117. The van der Waals surface area contributed by atoms with Crippen molar-refractivity contribution < 1.29 is 4.79 Å². The molecule has 0 saturated carbocycles. The van der Waals surface area contributed by atoms with Gasteiger partial charge in [-0.05, 0) is 31.2 Å². The summed E-state index contributed by atoms with van der Waals surface area (Å²) < 4.78 is 0. The summed E-state index contributed by atoms with van der Waals surface area (Å²) in [6.45, 7) is 5.55. The second-order valence-electron chi connectivity index (χ2n) is 5.00. The van der Waals surface area contributed by atoms with Crippen LogP contribution >= 0.6 is 11.6 Å². The zero-order chi connectivity index (χ0) is 14.4.